The Labute approximate surface area is 116 Å². The van der Waals surface area contributed by atoms with Gasteiger partial charge in [-0.05, 0) is 24.8 Å². The van der Waals surface area contributed by atoms with Crippen LogP contribution in [0.25, 0.3) is 0 Å². The normalized spacial score (nSPS) is 14.2. The average Bonchev–Trinajstić information content (AvgIpc) is 2.39. The second-order valence-electron chi connectivity index (χ2n) is 5.43. The molecule has 0 aliphatic carbocycles. The number of rotatable bonds is 7. The quantitative estimate of drug-likeness (QED) is 0.769. The molecule has 2 atom stereocenters. The lowest BCUT2D eigenvalue weighted by Gasteiger charge is -2.20. The molecule has 1 aromatic rings. The molecule has 19 heavy (non-hydrogen) atoms. The van der Waals surface area contributed by atoms with E-state index in [-0.39, 0.29) is 11.9 Å². The van der Waals surface area contributed by atoms with Crippen molar-refractivity contribution in [2.75, 3.05) is 13.7 Å². The Morgan fingerprint density at radius 1 is 1.21 bits per heavy atom. The zero-order chi connectivity index (χ0) is 14.3. The molecule has 0 radical (unpaired) electrons. The number of ether oxygens (including phenoxy) is 1. The Hall–Kier alpha value is -1.35. The number of hydrogen-bond donors (Lipinski definition) is 1. The Morgan fingerprint density at radius 3 is 2.37 bits per heavy atom. The van der Waals surface area contributed by atoms with Gasteiger partial charge >= 0.3 is 5.97 Å². The van der Waals surface area contributed by atoms with Crippen LogP contribution in [0.2, 0.25) is 0 Å². The SMILES string of the molecule is COC(=O)C(CNC(C)CC(C)C)c1ccccc1. The summed E-state index contributed by atoms with van der Waals surface area (Å²) in [5.74, 6) is 0.229. The smallest absolute Gasteiger partial charge is 0.314 e. The van der Waals surface area contributed by atoms with Crippen molar-refractivity contribution in [3.05, 3.63) is 35.9 Å². The van der Waals surface area contributed by atoms with Gasteiger partial charge in [-0.1, -0.05) is 44.2 Å². The van der Waals surface area contributed by atoms with Gasteiger partial charge in [0, 0.05) is 12.6 Å². The van der Waals surface area contributed by atoms with Gasteiger partial charge in [0.2, 0.25) is 0 Å². The van der Waals surface area contributed by atoms with E-state index in [0.717, 1.165) is 12.0 Å². The number of esters is 1. The van der Waals surface area contributed by atoms with E-state index >= 15 is 0 Å². The van der Waals surface area contributed by atoms with Crippen molar-refractivity contribution < 1.29 is 9.53 Å². The van der Waals surface area contributed by atoms with Crippen LogP contribution < -0.4 is 5.32 Å². The van der Waals surface area contributed by atoms with Crippen molar-refractivity contribution in [2.45, 2.75) is 39.2 Å². The summed E-state index contributed by atoms with van der Waals surface area (Å²) < 4.78 is 4.90. The number of carbonyl (C=O) groups is 1. The maximum Gasteiger partial charge on any atom is 0.314 e. The molecule has 0 aliphatic heterocycles. The molecule has 1 rings (SSSR count). The first-order chi connectivity index (χ1) is 9.04. The summed E-state index contributed by atoms with van der Waals surface area (Å²) >= 11 is 0. The Balaban J connectivity index is 2.64. The van der Waals surface area contributed by atoms with Crippen molar-refractivity contribution in [3.8, 4) is 0 Å². The third-order valence-corrected chi connectivity index (χ3v) is 3.18. The number of nitrogens with one attached hydrogen (secondary N) is 1. The molecule has 0 bridgehead atoms. The highest BCUT2D eigenvalue weighted by Gasteiger charge is 2.21. The van der Waals surface area contributed by atoms with Crippen molar-refractivity contribution in [3.63, 3.8) is 0 Å². The van der Waals surface area contributed by atoms with Gasteiger partial charge in [0.05, 0.1) is 13.0 Å². The zero-order valence-corrected chi connectivity index (χ0v) is 12.3. The number of carbonyl (C=O) groups excluding carboxylic acids is 1. The summed E-state index contributed by atoms with van der Waals surface area (Å²) in [4.78, 5) is 11.9. The lowest BCUT2D eigenvalue weighted by molar-refractivity contribution is -0.142. The standard InChI is InChI=1S/C16H25NO2/c1-12(2)10-13(3)17-11-15(16(18)19-4)14-8-6-5-7-9-14/h5-9,12-13,15,17H,10-11H2,1-4H3. The molecule has 0 fully saturated rings. The van der Waals surface area contributed by atoms with Gasteiger partial charge < -0.3 is 10.1 Å². The molecule has 0 saturated carbocycles. The molecule has 0 amide bonds. The van der Waals surface area contributed by atoms with Gasteiger partial charge in [-0.3, -0.25) is 4.79 Å². The maximum atomic E-state index is 11.9. The highest BCUT2D eigenvalue weighted by Crippen LogP contribution is 2.17. The van der Waals surface area contributed by atoms with E-state index in [9.17, 15) is 4.79 Å². The highest BCUT2D eigenvalue weighted by molar-refractivity contribution is 5.78. The van der Waals surface area contributed by atoms with E-state index in [0.29, 0.717) is 18.5 Å². The Morgan fingerprint density at radius 2 is 1.84 bits per heavy atom. The summed E-state index contributed by atoms with van der Waals surface area (Å²) in [6.45, 7) is 7.17. The van der Waals surface area contributed by atoms with E-state index < -0.39 is 0 Å². The molecule has 3 heteroatoms. The van der Waals surface area contributed by atoms with Crippen LogP contribution in [0.4, 0.5) is 0 Å². The molecule has 3 nitrogen and oxygen atoms in total. The summed E-state index contributed by atoms with van der Waals surface area (Å²) in [6.07, 6.45) is 1.10. The second-order valence-corrected chi connectivity index (χ2v) is 5.43. The van der Waals surface area contributed by atoms with Gasteiger partial charge in [0.1, 0.15) is 0 Å². The van der Waals surface area contributed by atoms with Crippen LogP contribution in [0.1, 0.15) is 38.7 Å². The monoisotopic (exact) mass is 263 g/mol. The molecule has 0 saturated heterocycles. The molecular weight excluding hydrogens is 238 g/mol. The second kappa shape index (κ2) is 7.95. The van der Waals surface area contributed by atoms with Crippen LogP contribution >= 0.6 is 0 Å². The summed E-state index contributed by atoms with van der Waals surface area (Å²) in [5, 5.41) is 3.43. The maximum absolute atomic E-state index is 11.9. The molecule has 106 valence electrons. The predicted octanol–water partition coefficient (Wildman–Crippen LogP) is 2.97. The number of hydrogen-bond acceptors (Lipinski definition) is 3. The van der Waals surface area contributed by atoms with E-state index in [1.807, 2.05) is 30.3 Å². The first kappa shape index (κ1) is 15.7. The average molecular weight is 263 g/mol. The minimum absolute atomic E-state index is 0.185. The van der Waals surface area contributed by atoms with E-state index in [1.165, 1.54) is 7.11 Å². The fourth-order valence-electron chi connectivity index (χ4n) is 2.27. The van der Waals surface area contributed by atoms with Gasteiger partial charge in [-0.15, -0.1) is 0 Å². The van der Waals surface area contributed by atoms with Gasteiger partial charge in [-0.25, -0.2) is 0 Å². The minimum atomic E-state index is -0.235. The predicted molar refractivity (Wildman–Crippen MR) is 78.1 cm³/mol. The minimum Gasteiger partial charge on any atom is -0.469 e. The molecule has 2 unspecified atom stereocenters. The van der Waals surface area contributed by atoms with Crippen molar-refractivity contribution >= 4 is 5.97 Å². The Bertz CT molecular complexity index is 376. The van der Waals surface area contributed by atoms with Crippen LogP contribution in [0, 0.1) is 5.92 Å². The lowest BCUT2D eigenvalue weighted by Crippen LogP contribution is -2.34. The van der Waals surface area contributed by atoms with Crippen LogP contribution in [-0.2, 0) is 9.53 Å². The number of methoxy groups -OCH3 is 1. The summed E-state index contributed by atoms with van der Waals surface area (Å²) in [6, 6.07) is 10.2. The third kappa shape index (κ3) is 5.43. The van der Waals surface area contributed by atoms with Gasteiger partial charge in [0.25, 0.3) is 0 Å². The number of benzene rings is 1. The molecule has 0 aliphatic rings. The molecular formula is C16H25NO2. The fraction of sp³-hybridized carbons (Fsp3) is 0.562. The van der Waals surface area contributed by atoms with Crippen LogP contribution in [0.15, 0.2) is 30.3 Å². The summed E-state index contributed by atoms with van der Waals surface area (Å²) in [5.41, 5.74) is 0.999. The molecule has 0 aromatic heterocycles. The first-order valence-corrected chi connectivity index (χ1v) is 6.90. The van der Waals surface area contributed by atoms with Crippen molar-refractivity contribution in [2.24, 2.45) is 5.92 Å². The molecule has 1 aromatic carbocycles. The van der Waals surface area contributed by atoms with E-state index in [2.05, 4.69) is 26.1 Å². The largest absolute Gasteiger partial charge is 0.469 e. The van der Waals surface area contributed by atoms with E-state index in [4.69, 9.17) is 4.74 Å². The fourth-order valence-corrected chi connectivity index (χ4v) is 2.27. The van der Waals surface area contributed by atoms with Crippen LogP contribution in [0.3, 0.4) is 0 Å². The summed E-state index contributed by atoms with van der Waals surface area (Å²) in [7, 11) is 1.44. The van der Waals surface area contributed by atoms with Gasteiger partial charge in [0.15, 0.2) is 0 Å². The zero-order valence-electron chi connectivity index (χ0n) is 12.3. The first-order valence-electron chi connectivity index (χ1n) is 6.90. The van der Waals surface area contributed by atoms with Gasteiger partial charge in [-0.2, -0.15) is 0 Å². The van der Waals surface area contributed by atoms with Crippen LogP contribution in [0.5, 0.6) is 0 Å². The molecule has 0 heterocycles. The highest BCUT2D eigenvalue weighted by atomic mass is 16.5. The topological polar surface area (TPSA) is 38.3 Å². The molecule has 0 spiro atoms. The van der Waals surface area contributed by atoms with Crippen LogP contribution in [-0.4, -0.2) is 25.7 Å². The van der Waals surface area contributed by atoms with Crippen molar-refractivity contribution in [1.29, 1.82) is 0 Å². The lowest BCUT2D eigenvalue weighted by atomic mass is 9.98. The Kier molecular flexibility index (Phi) is 6.57. The third-order valence-electron chi connectivity index (χ3n) is 3.18. The van der Waals surface area contributed by atoms with Crippen molar-refractivity contribution in [1.82, 2.24) is 5.32 Å². The molecule has 1 N–H and O–H groups in total. The van der Waals surface area contributed by atoms with E-state index in [1.54, 1.807) is 0 Å².